The monoisotopic (exact) mass is 203 g/mol. The fourth-order valence-electron chi connectivity index (χ4n) is 0.993. The van der Waals surface area contributed by atoms with E-state index in [1.54, 1.807) is 7.11 Å². The topological polar surface area (TPSA) is 58.6 Å². The minimum atomic E-state index is -0.145. The van der Waals surface area contributed by atoms with Gasteiger partial charge in [-0.05, 0) is 12.8 Å². The summed E-state index contributed by atoms with van der Waals surface area (Å²) in [5.74, 6) is -0.0957. The van der Waals surface area contributed by atoms with Crippen LogP contribution in [0.15, 0.2) is 0 Å². The number of nitrogens with one attached hydrogen (secondary N) is 1. The second-order valence-corrected chi connectivity index (χ2v) is 3.81. The first kappa shape index (κ1) is 13.4. The standard InChI is InChI=1S/C10H21NO3/c1-7(5-12)9(3)11-10(13)8(2)6-14-4/h7-9,12H,5-6H2,1-4H3,(H,11,13). The molecule has 0 spiro atoms. The highest BCUT2D eigenvalue weighted by Crippen LogP contribution is 2.03. The Labute approximate surface area is 85.6 Å². The van der Waals surface area contributed by atoms with Gasteiger partial charge < -0.3 is 15.2 Å². The van der Waals surface area contributed by atoms with E-state index >= 15 is 0 Å². The van der Waals surface area contributed by atoms with E-state index in [4.69, 9.17) is 9.84 Å². The van der Waals surface area contributed by atoms with Gasteiger partial charge in [0.25, 0.3) is 0 Å². The van der Waals surface area contributed by atoms with Gasteiger partial charge >= 0.3 is 0 Å². The number of aliphatic hydroxyl groups is 1. The highest BCUT2D eigenvalue weighted by atomic mass is 16.5. The molecule has 0 aromatic heterocycles. The number of ether oxygens (including phenoxy) is 1. The van der Waals surface area contributed by atoms with Gasteiger partial charge in [-0.2, -0.15) is 0 Å². The van der Waals surface area contributed by atoms with Gasteiger partial charge in [0, 0.05) is 19.8 Å². The van der Waals surface area contributed by atoms with Crippen molar-refractivity contribution in [1.82, 2.24) is 5.32 Å². The van der Waals surface area contributed by atoms with Gasteiger partial charge in [-0.3, -0.25) is 4.79 Å². The summed E-state index contributed by atoms with van der Waals surface area (Å²) in [6.07, 6.45) is 0. The van der Waals surface area contributed by atoms with Gasteiger partial charge in [0.1, 0.15) is 0 Å². The van der Waals surface area contributed by atoms with Crippen LogP contribution in [0.1, 0.15) is 20.8 Å². The first-order valence-electron chi connectivity index (χ1n) is 4.93. The first-order valence-corrected chi connectivity index (χ1v) is 4.93. The Balaban J connectivity index is 3.92. The molecule has 0 aliphatic rings. The zero-order valence-electron chi connectivity index (χ0n) is 9.41. The van der Waals surface area contributed by atoms with Gasteiger partial charge in [-0.15, -0.1) is 0 Å². The third kappa shape index (κ3) is 4.58. The van der Waals surface area contributed by atoms with E-state index in [1.165, 1.54) is 0 Å². The summed E-state index contributed by atoms with van der Waals surface area (Å²) in [5, 5.41) is 11.7. The summed E-state index contributed by atoms with van der Waals surface area (Å²) in [6, 6.07) is -0.00759. The molecule has 1 amide bonds. The normalized spacial score (nSPS) is 17.2. The molecule has 0 heterocycles. The van der Waals surface area contributed by atoms with Crippen LogP contribution in [-0.4, -0.2) is 37.4 Å². The maximum Gasteiger partial charge on any atom is 0.225 e. The molecule has 0 aromatic carbocycles. The molecule has 3 unspecified atom stereocenters. The van der Waals surface area contributed by atoms with Crippen LogP contribution in [0.4, 0.5) is 0 Å². The van der Waals surface area contributed by atoms with E-state index in [2.05, 4.69) is 5.32 Å². The SMILES string of the molecule is COCC(C)C(=O)NC(C)C(C)CO. The Hall–Kier alpha value is -0.610. The minimum absolute atomic E-state index is 0.00759. The Morgan fingerprint density at radius 2 is 2.00 bits per heavy atom. The number of amides is 1. The molecule has 0 bridgehead atoms. The molecule has 0 saturated carbocycles. The largest absolute Gasteiger partial charge is 0.396 e. The summed E-state index contributed by atoms with van der Waals surface area (Å²) in [4.78, 5) is 11.5. The minimum Gasteiger partial charge on any atom is -0.396 e. The molecule has 0 radical (unpaired) electrons. The number of rotatable bonds is 6. The van der Waals surface area contributed by atoms with Crippen LogP contribution < -0.4 is 5.32 Å². The highest BCUT2D eigenvalue weighted by molar-refractivity contribution is 5.78. The van der Waals surface area contributed by atoms with Crippen molar-refractivity contribution in [1.29, 1.82) is 0 Å². The molecular formula is C10H21NO3. The summed E-state index contributed by atoms with van der Waals surface area (Å²) >= 11 is 0. The molecule has 0 aromatic rings. The second-order valence-electron chi connectivity index (χ2n) is 3.81. The fraction of sp³-hybridized carbons (Fsp3) is 0.900. The average molecular weight is 203 g/mol. The first-order chi connectivity index (χ1) is 6.52. The van der Waals surface area contributed by atoms with Crippen molar-refractivity contribution < 1.29 is 14.6 Å². The summed E-state index contributed by atoms with van der Waals surface area (Å²) in [6.45, 7) is 6.10. The zero-order valence-corrected chi connectivity index (χ0v) is 9.41. The van der Waals surface area contributed by atoms with E-state index in [9.17, 15) is 4.79 Å². The molecule has 84 valence electrons. The van der Waals surface area contributed by atoms with Gasteiger partial charge in [0.2, 0.25) is 5.91 Å². The molecule has 3 atom stereocenters. The average Bonchev–Trinajstić information content (AvgIpc) is 2.16. The lowest BCUT2D eigenvalue weighted by molar-refractivity contribution is -0.127. The Morgan fingerprint density at radius 3 is 2.43 bits per heavy atom. The smallest absolute Gasteiger partial charge is 0.225 e. The molecule has 4 heteroatoms. The van der Waals surface area contributed by atoms with E-state index in [0.717, 1.165) is 0 Å². The molecule has 0 saturated heterocycles. The van der Waals surface area contributed by atoms with Crippen LogP contribution in [0.2, 0.25) is 0 Å². The lowest BCUT2D eigenvalue weighted by atomic mass is 10.0. The van der Waals surface area contributed by atoms with Crippen molar-refractivity contribution >= 4 is 5.91 Å². The third-order valence-electron chi connectivity index (χ3n) is 2.38. The van der Waals surface area contributed by atoms with Crippen molar-refractivity contribution in [2.45, 2.75) is 26.8 Å². The third-order valence-corrected chi connectivity index (χ3v) is 2.38. The second kappa shape index (κ2) is 6.79. The molecular weight excluding hydrogens is 182 g/mol. The quantitative estimate of drug-likeness (QED) is 0.657. The zero-order chi connectivity index (χ0) is 11.1. The van der Waals surface area contributed by atoms with E-state index in [1.807, 2.05) is 20.8 Å². The van der Waals surface area contributed by atoms with E-state index in [-0.39, 0.29) is 30.4 Å². The van der Waals surface area contributed by atoms with Crippen molar-refractivity contribution in [3.8, 4) is 0 Å². The number of hydrogen-bond acceptors (Lipinski definition) is 3. The van der Waals surface area contributed by atoms with Crippen molar-refractivity contribution in [2.24, 2.45) is 11.8 Å². The number of aliphatic hydroxyl groups excluding tert-OH is 1. The lowest BCUT2D eigenvalue weighted by Crippen LogP contribution is -2.41. The van der Waals surface area contributed by atoms with Crippen LogP contribution in [0.5, 0.6) is 0 Å². The van der Waals surface area contributed by atoms with Gasteiger partial charge in [-0.25, -0.2) is 0 Å². The highest BCUT2D eigenvalue weighted by Gasteiger charge is 2.18. The Kier molecular flexibility index (Phi) is 6.49. The Bertz CT molecular complexity index is 173. The lowest BCUT2D eigenvalue weighted by Gasteiger charge is -2.21. The number of methoxy groups -OCH3 is 1. The van der Waals surface area contributed by atoms with Crippen molar-refractivity contribution in [3.05, 3.63) is 0 Å². The molecule has 2 N–H and O–H groups in total. The molecule has 0 fully saturated rings. The summed E-state index contributed by atoms with van der Waals surface area (Å²) in [7, 11) is 1.57. The van der Waals surface area contributed by atoms with E-state index < -0.39 is 0 Å². The number of carbonyl (C=O) groups is 1. The Morgan fingerprint density at radius 1 is 1.43 bits per heavy atom. The summed E-state index contributed by atoms with van der Waals surface area (Å²) in [5.41, 5.74) is 0. The molecule has 14 heavy (non-hydrogen) atoms. The predicted molar refractivity (Wildman–Crippen MR) is 54.9 cm³/mol. The molecule has 0 aliphatic carbocycles. The molecule has 0 rings (SSSR count). The predicted octanol–water partition coefficient (Wildman–Crippen LogP) is 0.402. The molecule has 4 nitrogen and oxygen atoms in total. The van der Waals surface area contributed by atoms with Crippen LogP contribution >= 0.6 is 0 Å². The van der Waals surface area contributed by atoms with Crippen molar-refractivity contribution in [3.63, 3.8) is 0 Å². The summed E-state index contributed by atoms with van der Waals surface area (Å²) < 4.78 is 4.88. The maximum atomic E-state index is 11.5. The van der Waals surface area contributed by atoms with Gasteiger partial charge in [-0.1, -0.05) is 13.8 Å². The fourth-order valence-corrected chi connectivity index (χ4v) is 0.993. The van der Waals surface area contributed by atoms with Gasteiger partial charge in [0.05, 0.1) is 12.5 Å². The van der Waals surface area contributed by atoms with Crippen LogP contribution in [0, 0.1) is 11.8 Å². The maximum absolute atomic E-state index is 11.5. The number of hydrogen-bond donors (Lipinski definition) is 2. The van der Waals surface area contributed by atoms with Crippen LogP contribution in [0.3, 0.4) is 0 Å². The van der Waals surface area contributed by atoms with Crippen LogP contribution in [0.25, 0.3) is 0 Å². The van der Waals surface area contributed by atoms with Crippen molar-refractivity contribution in [2.75, 3.05) is 20.3 Å². The van der Waals surface area contributed by atoms with E-state index in [0.29, 0.717) is 6.61 Å². The van der Waals surface area contributed by atoms with Crippen LogP contribution in [-0.2, 0) is 9.53 Å². The number of carbonyl (C=O) groups excluding carboxylic acids is 1. The molecule has 0 aliphatic heterocycles. The van der Waals surface area contributed by atoms with Gasteiger partial charge in [0.15, 0.2) is 0 Å².